The average molecular weight is 429 g/mol. The van der Waals surface area contributed by atoms with Crippen molar-refractivity contribution in [1.82, 2.24) is 5.32 Å². The van der Waals surface area contributed by atoms with Gasteiger partial charge in [0, 0.05) is 23.4 Å². The topological polar surface area (TPSA) is 123 Å². The normalized spacial score (nSPS) is 10.0. The second-order valence-corrected chi connectivity index (χ2v) is 6.70. The minimum atomic E-state index is -0.410. The average Bonchev–Trinajstić information content (AvgIpc) is 2.71. The van der Waals surface area contributed by atoms with E-state index in [-0.39, 0.29) is 30.0 Å². The SMILES string of the molecule is CCOC(=O)CCc1ccccc1NC(=O)CNC(=O)c1cccc(NC(N)=S)c1. The van der Waals surface area contributed by atoms with Crippen molar-refractivity contribution in [3.63, 3.8) is 0 Å². The molecule has 5 N–H and O–H groups in total. The number of esters is 1. The Bertz CT molecular complexity index is 933. The number of carbonyl (C=O) groups is 3. The van der Waals surface area contributed by atoms with E-state index in [0.29, 0.717) is 30.0 Å². The van der Waals surface area contributed by atoms with E-state index in [9.17, 15) is 14.4 Å². The number of para-hydroxylation sites is 1. The molecule has 0 aromatic heterocycles. The lowest BCUT2D eigenvalue weighted by atomic mass is 10.1. The zero-order valence-electron chi connectivity index (χ0n) is 16.6. The Kier molecular flexibility index (Phi) is 8.76. The van der Waals surface area contributed by atoms with Crippen LogP contribution in [-0.4, -0.2) is 36.0 Å². The van der Waals surface area contributed by atoms with E-state index < -0.39 is 5.91 Å². The first kappa shape index (κ1) is 22.8. The molecule has 2 amide bonds. The number of hydrogen-bond donors (Lipinski definition) is 4. The maximum absolute atomic E-state index is 12.3. The highest BCUT2D eigenvalue weighted by atomic mass is 32.1. The van der Waals surface area contributed by atoms with Gasteiger partial charge in [-0.15, -0.1) is 0 Å². The quantitative estimate of drug-likeness (QED) is 0.357. The standard InChI is InChI=1S/C21H24N4O4S/c1-2-29-19(27)11-10-14-6-3-4-9-17(14)25-18(26)13-23-20(28)15-7-5-8-16(12-15)24-21(22)30/h3-9,12H,2,10-11,13H2,1H3,(H,23,28)(H,25,26)(H3,22,24,30). The Labute approximate surface area is 180 Å². The fraction of sp³-hybridized carbons (Fsp3) is 0.238. The third-order valence-corrected chi connectivity index (χ3v) is 4.10. The number of anilines is 2. The fourth-order valence-electron chi connectivity index (χ4n) is 2.67. The van der Waals surface area contributed by atoms with Gasteiger partial charge in [0.2, 0.25) is 5.91 Å². The molecular weight excluding hydrogens is 404 g/mol. The number of ether oxygens (including phenoxy) is 1. The van der Waals surface area contributed by atoms with Crippen LogP contribution in [0.5, 0.6) is 0 Å². The number of aryl methyl sites for hydroxylation is 1. The summed E-state index contributed by atoms with van der Waals surface area (Å²) in [6.07, 6.45) is 0.651. The van der Waals surface area contributed by atoms with Crippen LogP contribution in [0.15, 0.2) is 48.5 Å². The van der Waals surface area contributed by atoms with Crippen LogP contribution in [-0.2, 0) is 20.7 Å². The molecule has 0 unspecified atom stereocenters. The minimum Gasteiger partial charge on any atom is -0.466 e. The summed E-state index contributed by atoms with van der Waals surface area (Å²) in [5, 5.41) is 8.17. The van der Waals surface area contributed by atoms with E-state index in [1.807, 2.05) is 12.1 Å². The molecule has 0 bridgehead atoms. The van der Waals surface area contributed by atoms with E-state index in [4.69, 9.17) is 22.7 Å². The molecule has 0 spiro atoms. The number of nitrogens with two attached hydrogens (primary N) is 1. The van der Waals surface area contributed by atoms with Crippen LogP contribution in [0.3, 0.4) is 0 Å². The number of nitrogens with one attached hydrogen (secondary N) is 3. The molecule has 0 saturated carbocycles. The number of hydrogen-bond acceptors (Lipinski definition) is 5. The van der Waals surface area contributed by atoms with Gasteiger partial charge >= 0.3 is 5.97 Å². The Morgan fingerprint density at radius 3 is 2.57 bits per heavy atom. The van der Waals surface area contributed by atoms with Crippen LogP contribution in [0.2, 0.25) is 0 Å². The van der Waals surface area contributed by atoms with Gasteiger partial charge in [0.25, 0.3) is 5.91 Å². The first-order valence-electron chi connectivity index (χ1n) is 9.37. The predicted molar refractivity (Wildman–Crippen MR) is 119 cm³/mol. The Morgan fingerprint density at radius 1 is 1.07 bits per heavy atom. The monoisotopic (exact) mass is 428 g/mol. The van der Waals surface area contributed by atoms with Crippen LogP contribution < -0.4 is 21.7 Å². The molecule has 0 fully saturated rings. The van der Waals surface area contributed by atoms with Crippen molar-refractivity contribution in [2.75, 3.05) is 23.8 Å². The molecule has 8 nitrogen and oxygen atoms in total. The van der Waals surface area contributed by atoms with Crippen molar-refractivity contribution in [2.45, 2.75) is 19.8 Å². The van der Waals surface area contributed by atoms with Gasteiger partial charge in [0.1, 0.15) is 0 Å². The molecule has 30 heavy (non-hydrogen) atoms. The van der Waals surface area contributed by atoms with Gasteiger partial charge in [-0.3, -0.25) is 14.4 Å². The van der Waals surface area contributed by atoms with Crippen LogP contribution in [0, 0.1) is 0 Å². The number of thiocarbonyl (C=S) groups is 1. The summed E-state index contributed by atoms with van der Waals surface area (Å²) in [6.45, 7) is 1.87. The van der Waals surface area contributed by atoms with E-state index in [1.165, 1.54) is 0 Å². The molecule has 2 rings (SSSR count). The summed E-state index contributed by atoms with van der Waals surface area (Å²) in [7, 11) is 0. The van der Waals surface area contributed by atoms with Gasteiger partial charge in [0.15, 0.2) is 5.11 Å². The van der Waals surface area contributed by atoms with Crippen LogP contribution in [0.1, 0.15) is 29.3 Å². The van der Waals surface area contributed by atoms with E-state index in [1.54, 1.807) is 43.3 Å². The molecule has 9 heteroatoms. The molecule has 0 saturated heterocycles. The predicted octanol–water partition coefficient (Wildman–Crippen LogP) is 2.21. The van der Waals surface area contributed by atoms with Crippen LogP contribution in [0.25, 0.3) is 0 Å². The molecule has 0 aliphatic heterocycles. The zero-order valence-corrected chi connectivity index (χ0v) is 17.4. The molecule has 0 atom stereocenters. The van der Waals surface area contributed by atoms with Crippen molar-refractivity contribution >= 4 is 46.5 Å². The minimum absolute atomic E-state index is 0.0913. The molecular formula is C21H24N4O4S. The first-order valence-corrected chi connectivity index (χ1v) is 9.78. The number of rotatable bonds is 9. The highest BCUT2D eigenvalue weighted by molar-refractivity contribution is 7.80. The fourth-order valence-corrected chi connectivity index (χ4v) is 2.79. The molecule has 0 aliphatic carbocycles. The maximum atomic E-state index is 12.3. The van der Waals surface area contributed by atoms with Gasteiger partial charge < -0.3 is 26.4 Å². The third kappa shape index (κ3) is 7.51. The highest BCUT2D eigenvalue weighted by Crippen LogP contribution is 2.17. The molecule has 0 aliphatic rings. The van der Waals surface area contributed by atoms with Crippen molar-refractivity contribution < 1.29 is 19.1 Å². The summed E-state index contributed by atoms with van der Waals surface area (Å²) in [5.74, 6) is -1.09. The zero-order chi connectivity index (χ0) is 21.9. The molecule has 0 heterocycles. The van der Waals surface area contributed by atoms with Gasteiger partial charge in [-0.1, -0.05) is 24.3 Å². The maximum Gasteiger partial charge on any atom is 0.306 e. The number of carbonyl (C=O) groups excluding carboxylic acids is 3. The summed E-state index contributed by atoms with van der Waals surface area (Å²) in [6, 6.07) is 13.8. The van der Waals surface area contributed by atoms with E-state index in [0.717, 1.165) is 5.56 Å². The van der Waals surface area contributed by atoms with Crippen molar-refractivity contribution in [3.05, 3.63) is 59.7 Å². The lowest BCUT2D eigenvalue weighted by molar-refractivity contribution is -0.143. The lowest BCUT2D eigenvalue weighted by Crippen LogP contribution is -2.33. The van der Waals surface area contributed by atoms with Crippen molar-refractivity contribution in [3.8, 4) is 0 Å². The Morgan fingerprint density at radius 2 is 1.83 bits per heavy atom. The molecule has 158 valence electrons. The number of amides is 2. The Balaban J connectivity index is 1.91. The summed E-state index contributed by atoms with van der Waals surface area (Å²) >= 11 is 4.78. The summed E-state index contributed by atoms with van der Waals surface area (Å²) < 4.78 is 4.93. The molecule has 2 aromatic carbocycles. The largest absolute Gasteiger partial charge is 0.466 e. The second kappa shape index (κ2) is 11.5. The van der Waals surface area contributed by atoms with Crippen molar-refractivity contribution in [2.24, 2.45) is 5.73 Å². The van der Waals surface area contributed by atoms with Gasteiger partial charge in [0.05, 0.1) is 13.2 Å². The first-order chi connectivity index (χ1) is 14.4. The summed E-state index contributed by atoms with van der Waals surface area (Å²) in [5.41, 5.74) is 7.76. The third-order valence-electron chi connectivity index (χ3n) is 4.00. The lowest BCUT2D eigenvalue weighted by Gasteiger charge is -2.12. The molecule has 0 radical (unpaired) electrons. The highest BCUT2D eigenvalue weighted by Gasteiger charge is 2.12. The van der Waals surface area contributed by atoms with E-state index in [2.05, 4.69) is 16.0 Å². The van der Waals surface area contributed by atoms with Crippen LogP contribution >= 0.6 is 12.2 Å². The second-order valence-electron chi connectivity index (χ2n) is 6.26. The van der Waals surface area contributed by atoms with Gasteiger partial charge in [-0.05, 0) is 55.4 Å². The van der Waals surface area contributed by atoms with Gasteiger partial charge in [-0.2, -0.15) is 0 Å². The smallest absolute Gasteiger partial charge is 0.306 e. The van der Waals surface area contributed by atoms with Crippen molar-refractivity contribution in [1.29, 1.82) is 0 Å². The van der Waals surface area contributed by atoms with Gasteiger partial charge in [-0.25, -0.2) is 0 Å². The Hall–Kier alpha value is -3.46. The van der Waals surface area contributed by atoms with E-state index >= 15 is 0 Å². The van der Waals surface area contributed by atoms with Crippen LogP contribution in [0.4, 0.5) is 11.4 Å². The number of benzene rings is 2. The molecule has 2 aromatic rings. The summed E-state index contributed by atoms with van der Waals surface area (Å²) in [4.78, 5) is 36.2.